The number of carbonyl (C=O) groups is 3. The summed E-state index contributed by atoms with van der Waals surface area (Å²) in [6.45, 7) is 1.72. The van der Waals surface area contributed by atoms with E-state index in [1.807, 2.05) is 6.08 Å². The van der Waals surface area contributed by atoms with Crippen molar-refractivity contribution in [1.29, 1.82) is 0 Å². The van der Waals surface area contributed by atoms with E-state index in [-0.39, 0.29) is 29.8 Å². The van der Waals surface area contributed by atoms with E-state index in [1.165, 1.54) is 6.42 Å². The molecule has 4 bridgehead atoms. The lowest BCUT2D eigenvalue weighted by atomic mass is 9.82. The van der Waals surface area contributed by atoms with Crippen molar-refractivity contribution in [1.82, 2.24) is 0 Å². The van der Waals surface area contributed by atoms with Gasteiger partial charge in [0, 0.05) is 11.8 Å². The molecule has 6 atom stereocenters. The third-order valence-corrected chi connectivity index (χ3v) is 6.66. The number of ketones is 1. The molecule has 24 heavy (non-hydrogen) atoms. The van der Waals surface area contributed by atoms with Crippen molar-refractivity contribution >= 4 is 17.7 Å². The summed E-state index contributed by atoms with van der Waals surface area (Å²) in [7, 11) is 0. The molecule has 0 radical (unpaired) electrons. The minimum absolute atomic E-state index is 0.103. The quantitative estimate of drug-likeness (QED) is 0.571. The number of rotatable bonds is 5. The molecule has 130 valence electrons. The van der Waals surface area contributed by atoms with E-state index >= 15 is 0 Å². The second-order valence-corrected chi connectivity index (χ2v) is 7.84. The molecule has 5 nitrogen and oxygen atoms in total. The number of hydrogen-bond donors (Lipinski definition) is 0. The zero-order valence-electron chi connectivity index (χ0n) is 14.0. The van der Waals surface area contributed by atoms with Crippen molar-refractivity contribution in [3.8, 4) is 0 Å². The fourth-order valence-electron chi connectivity index (χ4n) is 5.40. The summed E-state index contributed by atoms with van der Waals surface area (Å²) in [4.78, 5) is 36.2. The molecule has 0 spiro atoms. The van der Waals surface area contributed by atoms with E-state index in [0.29, 0.717) is 18.3 Å². The molecule has 4 rings (SSSR count). The fourth-order valence-corrected chi connectivity index (χ4v) is 5.40. The largest absolute Gasteiger partial charge is 0.456 e. The average Bonchev–Trinajstić information content (AvgIpc) is 3.34. The van der Waals surface area contributed by atoms with Gasteiger partial charge in [-0.05, 0) is 50.4 Å². The highest BCUT2D eigenvalue weighted by Crippen LogP contribution is 2.54. The Bertz CT molecular complexity index is 609. The molecule has 6 unspecified atom stereocenters. The second-order valence-electron chi connectivity index (χ2n) is 7.84. The Hall–Kier alpha value is -1.65. The van der Waals surface area contributed by atoms with Gasteiger partial charge in [-0.15, -0.1) is 0 Å². The molecule has 0 aromatic rings. The van der Waals surface area contributed by atoms with Gasteiger partial charge in [0.1, 0.15) is 11.4 Å². The molecule has 0 amide bonds. The van der Waals surface area contributed by atoms with E-state index in [4.69, 9.17) is 9.47 Å². The molecule has 4 aliphatic rings. The summed E-state index contributed by atoms with van der Waals surface area (Å²) in [6, 6.07) is 0. The Kier molecular flexibility index (Phi) is 3.77. The standard InChI is InChI=1S/C19H24O5/c1-2-19(9-11-3-5-13(19)7-11)24-16(20)10-23-18(22)15-8-12-4-6-14(15)17(12)21/h4,6,11-15H,2-3,5,7-10H2,1H3. The van der Waals surface area contributed by atoms with Crippen LogP contribution < -0.4 is 0 Å². The summed E-state index contributed by atoms with van der Waals surface area (Å²) in [5.74, 6) is -0.589. The number of hydrogen-bond acceptors (Lipinski definition) is 5. The van der Waals surface area contributed by atoms with Gasteiger partial charge < -0.3 is 9.47 Å². The third kappa shape index (κ3) is 2.40. The van der Waals surface area contributed by atoms with Crippen molar-refractivity contribution in [2.75, 3.05) is 6.61 Å². The van der Waals surface area contributed by atoms with Crippen LogP contribution in [-0.2, 0) is 23.9 Å². The van der Waals surface area contributed by atoms with Crippen molar-refractivity contribution in [2.45, 2.75) is 51.0 Å². The van der Waals surface area contributed by atoms with Crippen molar-refractivity contribution in [2.24, 2.45) is 29.6 Å². The van der Waals surface area contributed by atoms with Crippen LogP contribution in [0.1, 0.15) is 45.4 Å². The van der Waals surface area contributed by atoms with Gasteiger partial charge in [0.15, 0.2) is 6.61 Å². The van der Waals surface area contributed by atoms with E-state index < -0.39 is 17.9 Å². The molecule has 0 saturated heterocycles. The SMILES string of the molecule is CCC1(OC(=O)COC(=O)C2CC3C=CC2C3=O)CC2CCC1C2. The monoisotopic (exact) mass is 332 g/mol. The Labute approximate surface area is 141 Å². The summed E-state index contributed by atoms with van der Waals surface area (Å²) >= 11 is 0. The molecule has 0 heterocycles. The second kappa shape index (κ2) is 5.71. The zero-order chi connectivity index (χ0) is 16.9. The van der Waals surface area contributed by atoms with Crippen LogP contribution in [0.3, 0.4) is 0 Å². The summed E-state index contributed by atoms with van der Waals surface area (Å²) in [6.07, 6.45) is 9.46. The van der Waals surface area contributed by atoms with Crippen LogP contribution in [0.5, 0.6) is 0 Å². The van der Waals surface area contributed by atoms with Crippen LogP contribution in [0, 0.1) is 29.6 Å². The highest BCUT2D eigenvalue weighted by Gasteiger charge is 2.53. The van der Waals surface area contributed by atoms with Gasteiger partial charge >= 0.3 is 11.9 Å². The smallest absolute Gasteiger partial charge is 0.344 e. The van der Waals surface area contributed by atoms with Crippen molar-refractivity contribution < 1.29 is 23.9 Å². The first-order valence-corrected chi connectivity index (χ1v) is 9.13. The number of fused-ring (bicyclic) bond motifs is 4. The molecule has 3 fully saturated rings. The van der Waals surface area contributed by atoms with Crippen LogP contribution in [0.15, 0.2) is 12.2 Å². The number of ether oxygens (including phenoxy) is 2. The van der Waals surface area contributed by atoms with Crippen molar-refractivity contribution in [3.05, 3.63) is 12.2 Å². The third-order valence-electron chi connectivity index (χ3n) is 6.66. The van der Waals surface area contributed by atoms with Crippen LogP contribution >= 0.6 is 0 Å². The van der Waals surface area contributed by atoms with E-state index in [9.17, 15) is 14.4 Å². The van der Waals surface area contributed by atoms with E-state index in [0.717, 1.165) is 25.7 Å². The minimum Gasteiger partial charge on any atom is -0.456 e. The Balaban J connectivity index is 1.30. The predicted octanol–water partition coefficient (Wildman–Crippen LogP) is 2.43. The number of allylic oxidation sites excluding steroid dienone is 2. The topological polar surface area (TPSA) is 69.7 Å². The van der Waals surface area contributed by atoms with Gasteiger partial charge in [-0.3, -0.25) is 9.59 Å². The normalized spacial score (nSPS) is 41.9. The molecule has 0 aromatic heterocycles. The maximum absolute atomic E-state index is 12.2. The van der Waals surface area contributed by atoms with Gasteiger partial charge in [0.05, 0.1) is 5.92 Å². The summed E-state index contributed by atoms with van der Waals surface area (Å²) in [5.41, 5.74) is -0.350. The summed E-state index contributed by atoms with van der Waals surface area (Å²) in [5, 5.41) is 0. The zero-order valence-corrected chi connectivity index (χ0v) is 14.0. The highest BCUT2D eigenvalue weighted by atomic mass is 16.6. The number of Topliss-reactive ketones (excluding diaryl/α,β-unsaturated/α-hetero) is 1. The lowest BCUT2D eigenvalue weighted by Crippen LogP contribution is -2.41. The maximum atomic E-state index is 12.2. The van der Waals surface area contributed by atoms with E-state index in [1.54, 1.807) is 6.08 Å². The number of carbonyl (C=O) groups excluding carboxylic acids is 3. The molecule has 3 saturated carbocycles. The first-order chi connectivity index (χ1) is 11.5. The van der Waals surface area contributed by atoms with Gasteiger partial charge in [0.2, 0.25) is 0 Å². The molecular formula is C19H24O5. The summed E-state index contributed by atoms with van der Waals surface area (Å²) < 4.78 is 11.0. The van der Waals surface area contributed by atoms with Crippen LogP contribution in [0.25, 0.3) is 0 Å². The fraction of sp³-hybridized carbons (Fsp3) is 0.737. The van der Waals surface area contributed by atoms with Gasteiger partial charge in [-0.1, -0.05) is 19.1 Å². The molecule has 0 aliphatic heterocycles. The number of esters is 2. The minimum atomic E-state index is -0.456. The molecule has 0 N–H and O–H groups in total. The predicted molar refractivity (Wildman–Crippen MR) is 84.8 cm³/mol. The maximum Gasteiger partial charge on any atom is 0.344 e. The van der Waals surface area contributed by atoms with Gasteiger partial charge in [0.25, 0.3) is 0 Å². The first-order valence-electron chi connectivity index (χ1n) is 9.13. The molecular weight excluding hydrogens is 308 g/mol. The molecule has 4 aliphatic carbocycles. The molecule has 5 heteroatoms. The highest BCUT2D eigenvalue weighted by molar-refractivity contribution is 5.97. The average molecular weight is 332 g/mol. The van der Waals surface area contributed by atoms with Crippen molar-refractivity contribution in [3.63, 3.8) is 0 Å². The molecule has 0 aromatic carbocycles. The lowest BCUT2D eigenvalue weighted by Gasteiger charge is -2.36. The Morgan fingerprint density at radius 3 is 2.62 bits per heavy atom. The van der Waals surface area contributed by atoms with Crippen LogP contribution in [-0.4, -0.2) is 29.9 Å². The lowest BCUT2D eigenvalue weighted by molar-refractivity contribution is -0.177. The van der Waals surface area contributed by atoms with Gasteiger partial charge in [-0.2, -0.15) is 0 Å². The first kappa shape index (κ1) is 15.9. The van der Waals surface area contributed by atoms with E-state index in [2.05, 4.69) is 6.92 Å². The Morgan fingerprint density at radius 2 is 2.08 bits per heavy atom. The van der Waals surface area contributed by atoms with Crippen LogP contribution in [0.2, 0.25) is 0 Å². The van der Waals surface area contributed by atoms with Gasteiger partial charge in [-0.25, -0.2) is 4.79 Å². The van der Waals surface area contributed by atoms with Crippen LogP contribution in [0.4, 0.5) is 0 Å². The Morgan fingerprint density at radius 1 is 1.25 bits per heavy atom.